The number of halogens is 6. The lowest BCUT2D eigenvalue weighted by atomic mass is 9.65. The highest BCUT2D eigenvalue weighted by Gasteiger charge is 2.74. The van der Waals surface area contributed by atoms with Gasteiger partial charge >= 0.3 is 12.4 Å². The molecule has 0 heterocycles. The first kappa shape index (κ1) is 24.9. The number of hydrogen-bond acceptors (Lipinski definition) is 2. The number of alkyl halides is 6. The van der Waals surface area contributed by atoms with Crippen LogP contribution in [0.15, 0.2) is 0 Å². The van der Waals surface area contributed by atoms with E-state index >= 15 is 0 Å². The molecule has 0 atom stereocenters. The molecule has 2 rings (SSSR count). The summed E-state index contributed by atoms with van der Waals surface area (Å²) in [6.45, 7) is 9.83. The molecule has 0 aromatic heterocycles. The predicted molar refractivity (Wildman–Crippen MR) is 107 cm³/mol. The van der Waals surface area contributed by atoms with Gasteiger partial charge in [0.15, 0.2) is 0 Å². The van der Waals surface area contributed by atoms with Gasteiger partial charge in [0.25, 0.3) is 0 Å². The van der Waals surface area contributed by atoms with Gasteiger partial charge in [0.2, 0.25) is 5.41 Å². The normalized spacial score (nSPS) is 13.1. The maximum atomic E-state index is 14.8. The van der Waals surface area contributed by atoms with Crippen molar-refractivity contribution in [3.05, 3.63) is 55.6 Å². The molecule has 0 aliphatic rings. The van der Waals surface area contributed by atoms with Crippen LogP contribution in [0, 0.1) is 55.4 Å². The summed E-state index contributed by atoms with van der Waals surface area (Å²) in [5.74, 6) is -0.660. The van der Waals surface area contributed by atoms with E-state index in [0.29, 0.717) is 0 Å². The van der Waals surface area contributed by atoms with Crippen LogP contribution in [0.5, 0.6) is 11.5 Å². The second-order valence-corrected chi connectivity index (χ2v) is 8.19. The SMILES string of the molecule is Cc1c(C)c(C(c2c(C)c(C)c(O)c(C)c2C)(C(F)(F)F)C(F)(F)F)c(C)c(C)c1O. The summed E-state index contributed by atoms with van der Waals surface area (Å²) in [6.07, 6.45) is -11.5. The summed E-state index contributed by atoms with van der Waals surface area (Å²) < 4.78 is 89.1. The van der Waals surface area contributed by atoms with E-state index in [4.69, 9.17) is 0 Å². The lowest BCUT2D eigenvalue weighted by Gasteiger charge is -2.43. The first-order chi connectivity index (χ1) is 13.9. The van der Waals surface area contributed by atoms with Crippen molar-refractivity contribution in [1.82, 2.24) is 0 Å². The molecule has 0 saturated heterocycles. The fourth-order valence-electron chi connectivity index (χ4n) is 4.56. The molecule has 0 aliphatic carbocycles. The average molecular weight is 448 g/mol. The Labute approximate surface area is 177 Å². The highest BCUT2D eigenvalue weighted by Crippen LogP contribution is 2.61. The monoisotopic (exact) mass is 448 g/mol. The maximum absolute atomic E-state index is 14.8. The van der Waals surface area contributed by atoms with Crippen molar-refractivity contribution in [1.29, 1.82) is 0 Å². The molecule has 0 saturated carbocycles. The molecule has 2 nitrogen and oxygen atoms in total. The summed E-state index contributed by atoms with van der Waals surface area (Å²) in [5.41, 5.74) is -7.51. The molecule has 2 aromatic rings. The van der Waals surface area contributed by atoms with Gasteiger partial charge in [0.1, 0.15) is 11.5 Å². The fraction of sp³-hybridized carbons (Fsp3) is 0.478. The number of rotatable bonds is 2. The van der Waals surface area contributed by atoms with E-state index in [1.165, 1.54) is 27.7 Å². The van der Waals surface area contributed by atoms with E-state index in [1.807, 2.05) is 0 Å². The van der Waals surface area contributed by atoms with Gasteiger partial charge in [-0.3, -0.25) is 0 Å². The Balaban J connectivity index is 3.41. The molecule has 0 aliphatic heterocycles. The highest BCUT2D eigenvalue weighted by molar-refractivity contribution is 5.65. The largest absolute Gasteiger partial charge is 0.507 e. The first-order valence-corrected chi connectivity index (χ1v) is 9.58. The topological polar surface area (TPSA) is 40.5 Å². The maximum Gasteiger partial charge on any atom is 0.411 e. The molecule has 0 bridgehead atoms. The zero-order chi connectivity index (χ0) is 24.4. The van der Waals surface area contributed by atoms with Crippen molar-refractivity contribution in [3.63, 3.8) is 0 Å². The summed E-state index contributed by atoms with van der Waals surface area (Å²) in [6, 6.07) is 0. The Kier molecular flexibility index (Phi) is 5.90. The Bertz CT molecular complexity index is 918. The van der Waals surface area contributed by atoms with Crippen molar-refractivity contribution in [2.24, 2.45) is 0 Å². The predicted octanol–water partition coefficient (Wildman–Crippen LogP) is 6.98. The quantitative estimate of drug-likeness (QED) is 0.487. The third-order valence-electron chi connectivity index (χ3n) is 6.77. The minimum absolute atomic E-state index is 0.0431. The van der Waals surface area contributed by atoms with E-state index in [-0.39, 0.29) is 56.0 Å². The second kappa shape index (κ2) is 7.35. The van der Waals surface area contributed by atoms with Crippen LogP contribution in [0.4, 0.5) is 26.3 Å². The van der Waals surface area contributed by atoms with Crippen LogP contribution in [0.1, 0.15) is 55.6 Å². The zero-order valence-corrected chi connectivity index (χ0v) is 18.7. The minimum atomic E-state index is -5.76. The molecule has 31 heavy (non-hydrogen) atoms. The van der Waals surface area contributed by atoms with E-state index in [1.54, 1.807) is 0 Å². The van der Waals surface area contributed by atoms with Gasteiger partial charge < -0.3 is 10.2 Å². The second-order valence-electron chi connectivity index (χ2n) is 8.19. The van der Waals surface area contributed by atoms with E-state index < -0.39 is 28.9 Å². The number of aromatic hydroxyl groups is 2. The summed E-state index contributed by atoms with van der Waals surface area (Å²) in [4.78, 5) is 0. The highest BCUT2D eigenvalue weighted by atomic mass is 19.4. The Morgan fingerprint density at radius 2 is 0.613 bits per heavy atom. The third-order valence-corrected chi connectivity index (χ3v) is 6.77. The van der Waals surface area contributed by atoms with Gasteiger partial charge in [0, 0.05) is 0 Å². The fourth-order valence-corrected chi connectivity index (χ4v) is 4.56. The molecular formula is C23H26F6O2. The number of phenols is 2. The summed E-state index contributed by atoms with van der Waals surface area (Å²) in [7, 11) is 0. The van der Waals surface area contributed by atoms with Crippen LogP contribution >= 0.6 is 0 Å². The minimum Gasteiger partial charge on any atom is -0.507 e. The standard InChI is InChI=1S/C23H26F6O2/c1-9-13(5)19(30)14(6)10(2)17(9)21(22(24,25)26,23(27,28)29)18-11(3)15(7)20(31)16(8)12(18)4/h30-31H,1-8H3. The van der Waals surface area contributed by atoms with Gasteiger partial charge in [-0.2, -0.15) is 26.3 Å². The lowest BCUT2D eigenvalue weighted by molar-refractivity contribution is -0.289. The smallest absolute Gasteiger partial charge is 0.411 e. The molecule has 0 fully saturated rings. The average Bonchev–Trinajstić information content (AvgIpc) is 2.64. The molecular weight excluding hydrogens is 422 g/mol. The molecule has 0 unspecified atom stereocenters. The van der Waals surface area contributed by atoms with E-state index in [9.17, 15) is 36.6 Å². The van der Waals surface area contributed by atoms with Crippen LogP contribution in [0.3, 0.4) is 0 Å². The van der Waals surface area contributed by atoms with Crippen molar-refractivity contribution >= 4 is 0 Å². The van der Waals surface area contributed by atoms with E-state index in [2.05, 4.69) is 0 Å². The Morgan fingerprint density at radius 1 is 0.419 bits per heavy atom. The Hall–Kier alpha value is -2.38. The van der Waals surface area contributed by atoms with Gasteiger partial charge in [-0.05, 0) is 111 Å². The van der Waals surface area contributed by atoms with Crippen molar-refractivity contribution in [2.45, 2.75) is 73.2 Å². The van der Waals surface area contributed by atoms with E-state index in [0.717, 1.165) is 27.7 Å². The van der Waals surface area contributed by atoms with Crippen LogP contribution in [-0.4, -0.2) is 22.6 Å². The van der Waals surface area contributed by atoms with Crippen LogP contribution in [0.2, 0.25) is 0 Å². The summed E-state index contributed by atoms with van der Waals surface area (Å²) in [5, 5.41) is 20.5. The number of phenolic OH excluding ortho intramolecular Hbond substituents is 2. The molecule has 0 amide bonds. The first-order valence-electron chi connectivity index (χ1n) is 9.58. The molecule has 172 valence electrons. The Morgan fingerprint density at radius 3 is 0.774 bits per heavy atom. The van der Waals surface area contributed by atoms with Gasteiger partial charge in [-0.1, -0.05) is 0 Å². The van der Waals surface area contributed by atoms with Crippen LogP contribution in [0.25, 0.3) is 0 Å². The molecule has 8 heteroatoms. The van der Waals surface area contributed by atoms with Crippen molar-refractivity contribution in [3.8, 4) is 11.5 Å². The van der Waals surface area contributed by atoms with Crippen LogP contribution in [-0.2, 0) is 5.41 Å². The number of benzene rings is 2. The van der Waals surface area contributed by atoms with Gasteiger partial charge in [-0.25, -0.2) is 0 Å². The molecule has 0 spiro atoms. The van der Waals surface area contributed by atoms with Crippen molar-refractivity contribution < 1.29 is 36.6 Å². The van der Waals surface area contributed by atoms with Gasteiger partial charge in [0.05, 0.1) is 0 Å². The molecule has 2 N–H and O–H groups in total. The third kappa shape index (κ3) is 3.17. The van der Waals surface area contributed by atoms with Crippen molar-refractivity contribution in [2.75, 3.05) is 0 Å². The lowest BCUT2D eigenvalue weighted by Crippen LogP contribution is -2.56. The molecule has 0 radical (unpaired) electrons. The molecule has 2 aromatic carbocycles. The van der Waals surface area contributed by atoms with Crippen LogP contribution < -0.4 is 0 Å². The zero-order valence-electron chi connectivity index (χ0n) is 18.7. The van der Waals surface area contributed by atoms with Gasteiger partial charge in [-0.15, -0.1) is 0 Å². The summed E-state index contributed by atoms with van der Waals surface area (Å²) >= 11 is 0. The number of hydrogen-bond donors (Lipinski definition) is 2.